The number of allylic oxidation sites excluding steroid dienone is 3. The predicted octanol–water partition coefficient (Wildman–Crippen LogP) is 3.96. The molecule has 1 aliphatic rings. The van der Waals surface area contributed by atoms with E-state index in [0.29, 0.717) is 0 Å². The van der Waals surface area contributed by atoms with Gasteiger partial charge < -0.3 is 0 Å². The summed E-state index contributed by atoms with van der Waals surface area (Å²) in [6.07, 6.45) is 9.03. The molecule has 2 heteroatoms. The lowest BCUT2D eigenvalue weighted by atomic mass is 10.00. The van der Waals surface area contributed by atoms with Crippen LogP contribution in [0.2, 0.25) is 0 Å². The molecule has 0 radical (unpaired) electrons. The second-order valence-electron chi connectivity index (χ2n) is 4.06. The van der Waals surface area contributed by atoms with Crippen LogP contribution in [0.25, 0.3) is 0 Å². The highest BCUT2D eigenvalue weighted by molar-refractivity contribution is 7.88. The zero-order valence-corrected chi connectivity index (χ0v) is 10.6. The van der Waals surface area contributed by atoms with E-state index in [0.717, 1.165) is 17.7 Å². The Morgan fingerprint density at radius 1 is 1.18 bits per heavy atom. The van der Waals surface area contributed by atoms with Gasteiger partial charge in [0.15, 0.2) is 0 Å². The summed E-state index contributed by atoms with van der Waals surface area (Å²) in [5.41, 5.74) is 4.35. The zero-order valence-electron chi connectivity index (χ0n) is 9.76. The minimum absolute atomic E-state index is 0.825. The van der Waals surface area contributed by atoms with Crippen LogP contribution in [0.3, 0.4) is 0 Å². The highest BCUT2D eigenvalue weighted by atomic mass is 32.2. The summed E-state index contributed by atoms with van der Waals surface area (Å²) in [4.78, 5) is 0.825. The van der Waals surface area contributed by atoms with Crippen LogP contribution in [0, 0.1) is 0 Å². The number of hydrogen-bond acceptors (Lipinski definition) is 1. The summed E-state index contributed by atoms with van der Waals surface area (Å²) in [5, 5.41) is 1.63. The van der Waals surface area contributed by atoms with E-state index in [-0.39, 0.29) is 0 Å². The van der Waals surface area contributed by atoms with Crippen LogP contribution in [0.4, 0.5) is 0 Å². The first-order chi connectivity index (χ1) is 8.36. The van der Waals surface area contributed by atoms with E-state index in [1.807, 2.05) is 36.4 Å². The number of rotatable bonds is 3. The van der Waals surface area contributed by atoms with Gasteiger partial charge >= 0.3 is 0 Å². The van der Waals surface area contributed by atoms with Gasteiger partial charge in [-0.15, -0.1) is 5.73 Å². The Kier molecular flexibility index (Phi) is 4.54. The van der Waals surface area contributed by atoms with Crippen molar-refractivity contribution in [2.24, 2.45) is 0 Å². The Morgan fingerprint density at radius 3 is 2.71 bits per heavy atom. The van der Waals surface area contributed by atoms with Crippen molar-refractivity contribution in [3.8, 4) is 0 Å². The maximum absolute atomic E-state index is 11.8. The summed E-state index contributed by atoms with van der Waals surface area (Å²) in [7, 11) is -1.08. The molecule has 0 aliphatic heterocycles. The van der Waals surface area contributed by atoms with Crippen molar-refractivity contribution < 1.29 is 4.21 Å². The van der Waals surface area contributed by atoms with Gasteiger partial charge in [0.05, 0.1) is 10.8 Å². The van der Waals surface area contributed by atoms with Crippen LogP contribution in [0.1, 0.15) is 25.7 Å². The summed E-state index contributed by atoms with van der Waals surface area (Å²) in [6.45, 7) is 0. The summed E-state index contributed by atoms with van der Waals surface area (Å²) < 4.78 is 11.8. The minimum atomic E-state index is -1.08. The van der Waals surface area contributed by atoms with E-state index < -0.39 is 10.8 Å². The topological polar surface area (TPSA) is 17.1 Å². The van der Waals surface area contributed by atoms with Crippen molar-refractivity contribution >= 4 is 10.8 Å². The lowest BCUT2D eigenvalue weighted by molar-refractivity contribution is 0.688. The normalized spacial score (nSPS) is 16.6. The average molecular weight is 244 g/mol. The molecule has 1 aliphatic carbocycles. The molecule has 1 unspecified atom stereocenters. The van der Waals surface area contributed by atoms with E-state index in [1.165, 1.54) is 18.4 Å². The first kappa shape index (κ1) is 12.1. The first-order valence-electron chi connectivity index (χ1n) is 5.93. The van der Waals surface area contributed by atoms with E-state index in [1.54, 1.807) is 5.41 Å². The van der Waals surface area contributed by atoms with Gasteiger partial charge in [0, 0.05) is 10.3 Å². The van der Waals surface area contributed by atoms with Crippen molar-refractivity contribution in [1.82, 2.24) is 0 Å². The maximum atomic E-state index is 11.8. The molecule has 0 spiro atoms. The van der Waals surface area contributed by atoms with E-state index in [9.17, 15) is 4.21 Å². The monoisotopic (exact) mass is 244 g/mol. The largest absolute Gasteiger partial charge is 0.249 e. The molecule has 17 heavy (non-hydrogen) atoms. The molecule has 0 saturated carbocycles. The molecule has 2 rings (SSSR count). The first-order valence-corrected chi connectivity index (χ1v) is 7.15. The van der Waals surface area contributed by atoms with E-state index in [4.69, 9.17) is 0 Å². The molecule has 0 amide bonds. The Morgan fingerprint density at radius 2 is 2.00 bits per heavy atom. The molecule has 0 aromatic heterocycles. The van der Waals surface area contributed by atoms with Gasteiger partial charge in [0.25, 0.3) is 0 Å². The Balaban J connectivity index is 2.03. The highest BCUT2D eigenvalue weighted by Crippen LogP contribution is 2.17. The van der Waals surface area contributed by atoms with Crippen molar-refractivity contribution in [1.29, 1.82) is 0 Å². The Hall–Kier alpha value is -1.37. The fraction of sp³-hybridized carbons (Fsp3) is 0.267. The van der Waals surface area contributed by atoms with Crippen LogP contribution in [0.5, 0.6) is 0 Å². The van der Waals surface area contributed by atoms with Gasteiger partial charge in [-0.2, -0.15) is 0 Å². The van der Waals surface area contributed by atoms with E-state index in [2.05, 4.69) is 11.8 Å². The van der Waals surface area contributed by atoms with Crippen LogP contribution in [-0.2, 0) is 10.8 Å². The maximum Gasteiger partial charge on any atom is 0.0854 e. The second kappa shape index (κ2) is 6.39. The van der Waals surface area contributed by atoms with E-state index >= 15 is 0 Å². The Bertz CT molecular complexity index is 479. The lowest BCUT2D eigenvalue weighted by Gasteiger charge is -2.06. The number of benzene rings is 1. The molecule has 0 fully saturated rings. The molecule has 1 atom stereocenters. The molecule has 1 aromatic rings. The van der Waals surface area contributed by atoms with Gasteiger partial charge in [-0.3, -0.25) is 0 Å². The van der Waals surface area contributed by atoms with Crippen molar-refractivity contribution in [2.75, 3.05) is 0 Å². The lowest BCUT2D eigenvalue weighted by Crippen LogP contribution is -1.87. The molecule has 1 aromatic carbocycles. The fourth-order valence-corrected chi connectivity index (χ4v) is 2.57. The van der Waals surface area contributed by atoms with Crippen LogP contribution in [-0.4, -0.2) is 4.21 Å². The third-order valence-electron chi connectivity index (χ3n) is 2.75. The second-order valence-corrected chi connectivity index (χ2v) is 5.37. The van der Waals surface area contributed by atoms with Gasteiger partial charge in [-0.1, -0.05) is 24.3 Å². The fourth-order valence-electron chi connectivity index (χ4n) is 1.82. The average Bonchev–Trinajstić information content (AvgIpc) is 2.41. The summed E-state index contributed by atoms with van der Waals surface area (Å²) in [6, 6.07) is 9.46. The van der Waals surface area contributed by atoms with Crippen LogP contribution < -0.4 is 0 Å². The van der Waals surface area contributed by atoms with Gasteiger partial charge in [0.2, 0.25) is 0 Å². The van der Waals surface area contributed by atoms with Crippen molar-refractivity contribution in [3.05, 3.63) is 59.2 Å². The molecule has 0 heterocycles. The summed E-state index contributed by atoms with van der Waals surface area (Å²) >= 11 is 0. The smallest absolute Gasteiger partial charge is 0.0854 e. The molecular formula is C15H16OS. The zero-order chi connectivity index (χ0) is 11.9. The van der Waals surface area contributed by atoms with Gasteiger partial charge in [-0.25, -0.2) is 4.21 Å². The third-order valence-corrected chi connectivity index (χ3v) is 3.83. The third kappa shape index (κ3) is 3.85. The van der Waals surface area contributed by atoms with Crippen molar-refractivity contribution in [2.45, 2.75) is 30.6 Å². The molecular weight excluding hydrogens is 228 g/mol. The molecule has 0 N–H and O–H groups in total. The predicted molar refractivity (Wildman–Crippen MR) is 72.1 cm³/mol. The number of hydrogen-bond donors (Lipinski definition) is 0. The van der Waals surface area contributed by atoms with Gasteiger partial charge in [-0.05, 0) is 49.5 Å². The van der Waals surface area contributed by atoms with Crippen molar-refractivity contribution in [3.63, 3.8) is 0 Å². The summed E-state index contributed by atoms with van der Waals surface area (Å²) in [5.74, 6) is 0. The minimum Gasteiger partial charge on any atom is -0.249 e. The van der Waals surface area contributed by atoms with Crippen LogP contribution >= 0.6 is 0 Å². The SMILES string of the molecule is O=S(C=C=CC1=CCCCC1)c1ccccc1. The highest BCUT2D eigenvalue weighted by Gasteiger charge is 1.99. The quantitative estimate of drug-likeness (QED) is 0.735. The molecule has 1 nitrogen and oxygen atoms in total. The van der Waals surface area contributed by atoms with Crippen LogP contribution in [0.15, 0.2) is 64.1 Å². The molecule has 0 saturated heterocycles. The standard InChI is InChI=1S/C15H16OS/c16-17(15-11-5-2-6-12-15)13-7-10-14-8-3-1-4-9-14/h2,5-6,8,10-13H,1,3-4,9H2. The van der Waals surface area contributed by atoms with Gasteiger partial charge in [0.1, 0.15) is 0 Å². The molecule has 88 valence electrons. The molecule has 0 bridgehead atoms. The Labute approximate surface area is 105 Å².